The number of esters is 1. The van der Waals surface area contributed by atoms with Crippen molar-refractivity contribution in [2.75, 3.05) is 11.9 Å². The number of carbonyl (C=O) groups is 2. The van der Waals surface area contributed by atoms with Gasteiger partial charge in [-0.05, 0) is 61.7 Å². The molecule has 1 aromatic heterocycles. The SMILES string of the molecule is CCOC(=O)c1c(-c2ccc(C)c(C)c2)csc1NC(=O)c1ccc(Br)cc1. The molecule has 28 heavy (non-hydrogen) atoms. The van der Waals surface area contributed by atoms with Gasteiger partial charge in [-0.15, -0.1) is 11.3 Å². The normalized spacial score (nSPS) is 10.6. The number of ether oxygens (including phenoxy) is 1. The molecule has 0 fully saturated rings. The third kappa shape index (κ3) is 4.34. The molecule has 0 atom stereocenters. The predicted molar refractivity (Wildman–Crippen MR) is 117 cm³/mol. The highest BCUT2D eigenvalue weighted by molar-refractivity contribution is 9.10. The molecule has 1 amide bonds. The first-order valence-corrected chi connectivity index (χ1v) is 10.5. The summed E-state index contributed by atoms with van der Waals surface area (Å²) >= 11 is 4.68. The fourth-order valence-electron chi connectivity index (χ4n) is 2.75. The van der Waals surface area contributed by atoms with E-state index in [1.165, 1.54) is 16.9 Å². The molecule has 144 valence electrons. The molecule has 0 unspecified atom stereocenters. The van der Waals surface area contributed by atoms with Gasteiger partial charge in [-0.1, -0.05) is 34.1 Å². The zero-order valence-electron chi connectivity index (χ0n) is 15.8. The molecule has 0 radical (unpaired) electrons. The summed E-state index contributed by atoms with van der Waals surface area (Å²) in [7, 11) is 0. The van der Waals surface area contributed by atoms with E-state index in [4.69, 9.17) is 4.74 Å². The minimum atomic E-state index is -0.442. The summed E-state index contributed by atoms with van der Waals surface area (Å²) in [6, 6.07) is 13.1. The molecule has 0 aliphatic carbocycles. The van der Waals surface area contributed by atoms with Gasteiger partial charge in [-0.2, -0.15) is 0 Å². The molecule has 1 heterocycles. The van der Waals surface area contributed by atoms with Crippen molar-refractivity contribution in [2.24, 2.45) is 0 Å². The summed E-state index contributed by atoms with van der Waals surface area (Å²) in [5, 5.41) is 5.23. The summed E-state index contributed by atoms with van der Waals surface area (Å²) in [4.78, 5) is 25.3. The number of benzene rings is 2. The Morgan fingerprint density at radius 2 is 1.79 bits per heavy atom. The highest BCUT2D eigenvalue weighted by Gasteiger charge is 2.23. The van der Waals surface area contributed by atoms with Gasteiger partial charge >= 0.3 is 5.97 Å². The van der Waals surface area contributed by atoms with Crippen LogP contribution in [0.5, 0.6) is 0 Å². The average molecular weight is 458 g/mol. The topological polar surface area (TPSA) is 55.4 Å². The van der Waals surface area contributed by atoms with Gasteiger partial charge in [0.05, 0.1) is 6.61 Å². The van der Waals surface area contributed by atoms with Gasteiger partial charge in [0.2, 0.25) is 0 Å². The minimum absolute atomic E-state index is 0.265. The lowest BCUT2D eigenvalue weighted by atomic mass is 9.99. The van der Waals surface area contributed by atoms with Crippen molar-refractivity contribution in [1.82, 2.24) is 0 Å². The van der Waals surface area contributed by atoms with Crippen molar-refractivity contribution < 1.29 is 14.3 Å². The number of hydrogen-bond donors (Lipinski definition) is 1. The van der Waals surface area contributed by atoms with Crippen LogP contribution in [0.1, 0.15) is 38.8 Å². The van der Waals surface area contributed by atoms with E-state index in [-0.39, 0.29) is 12.5 Å². The van der Waals surface area contributed by atoms with Crippen LogP contribution >= 0.6 is 27.3 Å². The lowest BCUT2D eigenvalue weighted by molar-refractivity contribution is 0.0529. The lowest BCUT2D eigenvalue weighted by Crippen LogP contribution is -2.14. The highest BCUT2D eigenvalue weighted by Crippen LogP contribution is 2.37. The molecule has 2 aromatic carbocycles. The van der Waals surface area contributed by atoms with Gasteiger partial charge in [-0.3, -0.25) is 4.79 Å². The molecule has 0 aliphatic heterocycles. The first kappa shape index (κ1) is 20.3. The second kappa shape index (κ2) is 8.71. The van der Waals surface area contributed by atoms with Crippen molar-refractivity contribution in [3.8, 4) is 11.1 Å². The number of hydrogen-bond acceptors (Lipinski definition) is 4. The maximum Gasteiger partial charge on any atom is 0.341 e. The third-order valence-corrected chi connectivity index (χ3v) is 5.85. The number of rotatable bonds is 5. The van der Waals surface area contributed by atoms with Crippen LogP contribution in [0.15, 0.2) is 52.3 Å². The van der Waals surface area contributed by atoms with Gasteiger partial charge in [-0.25, -0.2) is 4.79 Å². The molecule has 1 N–H and O–H groups in total. The Kier molecular flexibility index (Phi) is 6.31. The van der Waals surface area contributed by atoms with Gasteiger partial charge in [0.1, 0.15) is 10.6 Å². The Balaban J connectivity index is 2.00. The molecule has 0 bridgehead atoms. The number of carbonyl (C=O) groups excluding carboxylic acids is 2. The molecule has 0 saturated heterocycles. The van der Waals surface area contributed by atoms with Crippen LogP contribution in [0.25, 0.3) is 11.1 Å². The third-order valence-electron chi connectivity index (χ3n) is 4.42. The molecule has 3 aromatic rings. The van der Waals surface area contributed by atoms with Gasteiger partial charge in [0.25, 0.3) is 5.91 Å². The fraction of sp³-hybridized carbons (Fsp3) is 0.182. The van der Waals surface area contributed by atoms with E-state index in [0.717, 1.165) is 21.2 Å². The van der Waals surface area contributed by atoms with E-state index in [1.807, 2.05) is 37.4 Å². The number of amides is 1. The van der Waals surface area contributed by atoms with Gasteiger partial charge in [0, 0.05) is 21.0 Å². The molecule has 6 heteroatoms. The van der Waals surface area contributed by atoms with Crippen LogP contribution in [-0.2, 0) is 4.74 Å². The molecule has 0 spiro atoms. The van der Waals surface area contributed by atoms with Crippen molar-refractivity contribution in [2.45, 2.75) is 20.8 Å². The standard InChI is InChI=1S/C22H20BrNO3S/c1-4-27-22(26)19-18(16-6-5-13(2)14(3)11-16)12-28-21(19)24-20(25)15-7-9-17(23)10-8-15/h5-12H,4H2,1-3H3,(H,24,25). The van der Waals surface area contributed by atoms with Crippen molar-refractivity contribution in [1.29, 1.82) is 0 Å². The van der Waals surface area contributed by atoms with Crippen molar-refractivity contribution in [3.05, 3.63) is 74.6 Å². The number of halogens is 1. The summed E-state index contributed by atoms with van der Waals surface area (Å²) in [5.41, 5.74) is 4.91. The van der Waals surface area contributed by atoms with Gasteiger partial charge < -0.3 is 10.1 Å². The summed E-state index contributed by atoms with van der Waals surface area (Å²) in [6.45, 7) is 6.11. The summed E-state index contributed by atoms with van der Waals surface area (Å²) < 4.78 is 6.15. The maximum atomic E-state index is 12.7. The van der Waals surface area contributed by atoms with E-state index >= 15 is 0 Å². The van der Waals surface area contributed by atoms with E-state index in [9.17, 15) is 9.59 Å². The van der Waals surface area contributed by atoms with E-state index in [1.54, 1.807) is 31.2 Å². The van der Waals surface area contributed by atoms with Crippen molar-refractivity contribution >= 4 is 44.1 Å². The van der Waals surface area contributed by atoms with Crippen LogP contribution in [0.4, 0.5) is 5.00 Å². The van der Waals surface area contributed by atoms with Gasteiger partial charge in [0.15, 0.2) is 0 Å². The fourth-order valence-corrected chi connectivity index (χ4v) is 3.97. The van der Waals surface area contributed by atoms with Crippen LogP contribution in [0.2, 0.25) is 0 Å². The molecular formula is C22H20BrNO3S. The minimum Gasteiger partial charge on any atom is -0.462 e. The second-order valence-corrected chi connectivity index (χ2v) is 8.13. The molecule has 4 nitrogen and oxygen atoms in total. The van der Waals surface area contributed by atoms with Crippen LogP contribution < -0.4 is 5.32 Å². The summed E-state index contributed by atoms with van der Waals surface area (Å²) in [5.74, 6) is -0.713. The van der Waals surface area contributed by atoms with E-state index < -0.39 is 5.97 Å². The Morgan fingerprint density at radius 1 is 1.07 bits per heavy atom. The van der Waals surface area contributed by atoms with Crippen LogP contribution in [0.3, 0.4) is 0 Å². The maximum absolute atomic E-state index is 12.7. The molecule has 0 aliphatic rings. The molecule has 3 rings (SSSR count). The second-order valence-electron chi connectivity index (χ2n) is 6.33. The molecule has 0 saturated carbocycles. The Labute approximate surface area is 176 Å². The summed E-state index contributed by atoms with van der Waals surface area (Å²) in [6.07, 6.45) is 0. The smallest absolute Gasteiger partial charge is 0.341 e. The number of nitrogens with one attached hydrogen (secondary N) is 1. The van der Waals surface area contributed by atoms with Crippen molar-refractivity contribution in [3.63, 3.8) is 0 Å². The quantitative estimate of drug-likeness (QED) is 0.462. The lowest BCUT2D eigenvalue weighted by Gasteiger charge is -2.10. The van der Waals surface area contributed by atoms with E-state index in [2.05, 4.69) is 21.2 Å². The highest BCUT2D eigenvalue weighted by atomic mass is 79.9. The Bertz CT molecular complexity index is 1020. The monoisotopic (exact) mass is 457 g/mol. The van der Waals surface area contributed by atoms with Crippen LogP contribution in [0, 0.1) is 13.8 Å². The number of anilines is 1. The van der Waals surface area contributed by atoms with Crippen LogP contribution in [-0.4, -0.2) is 18.5 Å². The number of aryl methyl sites for hydroxylation is 2. The average Bonchev–Trinajstić information content (AvgIpc) is 3.08. The zero-order valence-corrected chi connectivity index (χ0v) is 18.2. The Hall–Kier alpha value is -2.44. The van der Waals surface area contributed by atoms with E-state index in [0.29, 0.717) is 16.1 Å². The largest absolute Gasteiger partial charge is 0.462 e. The first-order chi connectivity index (χ1) is 13.4. The first-order valence-electron chi connectivity index (χ1n) is 8.84. The predicted octanol–water partition coefficient (Wildman–Crippen LogP) is 6.22. The zero-order chi connectivity index (χ0) is 20.3. The number of thiophene rings is 1. The molecular weight excluding hydrogens is 438 g/mol. The Morgan fingerprint density at radius 3 is 2.43 bits per heavy atom.